The number of aliphatic carboxylic acids is 2. The molecular formula is C17H19F3N2O6S2. The lowest BCUT2D eigenvalue weighted by Crippen LogP contribution is -2.36. The van der Waals surface area contributed by atoms with Crippen LogP contribution in [0.1, 0.15) is 18.4 Å². The van der Waals surface area contributed by atoms with E-state index in [0.717, 1.165) is 17.0 Å². The van der Waals surface area contributed by atoms with Gasteiger partial charge in [-0.3, -0.25) is 9.59 Å². The van der Waals surface area contributed by atoms with Crippen molar-refractivity contribution in [3.8, 4) is 0 Å². The van der Waals surface area contributed by atoms with Crippen LogP contribution in [0.4, 0.5) is 13.2 Å². The summed E-state index contributed by atoms with van der Waals surface area (Å²) >= 11 is 0. The van der Waals surface area contributed by atoms with Crippen molar-refractivity contribution in [1.29, 1.82) is 0 Å². The van der Waals surface area contributed by atoms with Crippen molar-refractivity contribution in [3.63, 3.8) is 0 Å². The summed E-state index contributed by atoms with van der Waals surface area (Å²) in [5.41, 5.74) is 1.75. The summed E-state index contributed by atoms with van der Waals surface area (Å²) in [4.78, 5) is 36.4. The summed E-state index contributed by atoms with van der Waals surface area (Å²) < 4.78 is 31.7. The number of carbonyl (C=O) groups excluding carboxylic acids is 1. The van der Waals surface area contributed by atoms with Gasteiger partial charge in [0.05, 0.1) is 12.1 Å². The predicted molar refractivity (Wildman–Crippen MR) is 106 cm³/mol. The normalized spacial score (nSPS) is 15.3. The number of carboxylic acid groups (broad SMARTS) is 2. The lowest BCUT2D eigenvalue weighted by molar-refractivity contribution is -0.192. The molecular weight excluding hydrogens is 449 g/mol. The Morgan fingerprint density at radius 1 is 1.13 bits per heavy atom. The number of alkyl halides is 3. The Kier molecular flexibility index (Phi) is 11.1. The standard InChI is InChI=1S/C15H18N2O4S2.C2HF3O2/c18-14(19)6-8-22-23-9-7-16-15(20)13-10-12(17-21-13)11-4-2-1-3-5-11;3-2(4,5)1(6)7/h1-5,13H,6-10H2,(H,16,20)(H,18,19);(H,6,7). The molecule has 1 unspecified atom stereocenters. The van der Waals surface area contributed by atoms with E-state index in [1.807, 2.05) is 30.3 Å². The van der Waals surface area contributed by atoms with Crippen LogP contribution in [0.15, 0.2) is 35.5 Å². The Labute approximate surface area is 177 Å². The Hall–Kier alpha value is -2.41. The maximum atomic E-state index is 12.0. The zero-order valence-electron chi connectivity index (χ0n) is 15.4. The second-order valence-electron chi connectivity index (χ2n) is 5.58. The van der Waals surface area contributed by atoms with Gasteiger partial charge in [-0.1, -0.05) is 57.1 Å². The highest BCUT2D eigenvalue weighted by molar-refractivity contribution is 8.76. The van der Waals surface area contributed by atoms with Gasteiger partial charge in [0.25, 0.3) is 5.91 Å². The van der Waals surface area contributed by atoms with Crippen molar-refractivity contribution in [2.75, 3.05) is 18.1 Å². The number of rotatable bonds is 9. The molecule has 0 spiro atoms. The predicted octanol–water partition coefficient (Wildman–Crippen LogP) is 2.79. The van der Waals surface area contributed by atoms with Gasteiger partial charge in [0.15, 0.2) is 0 Å². The Morgan fingerprint density at radius 3 is 2.30 bits per heavy atom. The Bertz CT molecular complexity index is 747. The molecule has 30 heavy (non-hydrogen) atoms. The van der Waals surface area contributed by atoms with Gasteiger partial charge in [-0.15, -0.1) is 0 Å². The molecule has 1 heterocycles. The Morgan fingerprint density at radius 2 is 1.73 bits per heavy atom. The first-order valence-corrected chi connectivity index (χ1v) is 10.9. The maximum Gasteiger partial charge on any atom is 0.490 e. The van der Waals surface area contributed by atoms with E-state index in [0.29, 0.717) is 18.7 Å². The van der Waals surface area contributed by atoms with Gasteiger partial charge in [-0.05, 0) is 5.56 Å². The largest absolute Gasteiger partial charge is 0.490 e. The van der Waals surface area contributed by atoms with Gasteiger partial charge in [0.1, 0.15) is 0 Å². The minimum absolute atomic E-state index is 0.152. The number of halogens is 3. The summed E-state index contributed by atoms with van der Waals surface area (Å²) in [7, 11) is 3.04. The molecule has 1 aliphatic rings. The third-order valence-corrected chi connectivity index (χ3v) is 5.69. The molecule has 0 fully saturated rings. The molecule has 3 N–H and O–H groups in total. The molecule has 0 radical (unpaired) electrons. The van der Waals surface area contributed by atoms with Crippen LogP contribution in [0.2, 0.25) is 0 Å². The molecule has 1 atom stereocenters. The topological polar surface area (TPSA) is 125 Å². The SMILES string of the molecule is O=C(O)C(F)(F)F.O=C(O)CCSSCCNC(=O)C1CC(c2ccccc2)=NO1. The van der Waals surface area contributed by atoms with Gasteiger partial charge in [-0.25, -0.2) is 4.79 Å². The summed E-state index contributed by atoms with van der Waals surface area (Å²) in [5.74, 6) is -2.44. The molecule has 166 valence electrons. The zero-order chi connectivity index (χ0) is 22.6. The van der Waals surface area contributed by atoms with E-state index in [4.69, 9.17) is 19.8 Å². The third kappa shape index (κ3) is 10.4. The molecule has 0 saturated carbocycles. The summed E-state index contributed by atoms with van der Waals surface area (Å²) in [6, 6.07) is 9.64. The Balaban J connectivity index is 0.000000553. The average Bonchev–Trinajstić information content (AvgIpc) is 3.17. The first kappa shape index (κ1) is 25.6. The van der Waals surface area contributed by atoms with Crippen molar-refractivity contribution in [1.82, 2.24) is 5.32 Å². The number of amides is 1. The fourth-order valence-electron chi connectivity index (χ4n) is 1.90. The average molecular weight is 468 g/mol. The van der Waals surface area contributed by atoms with E-state index in [9.17, 15) is 22.8 Å². The highest BCUT2D eigenvalue weighted by Gasteiger charge is 2.38. The van der Waals surface area contributed by atoms with Gasteiger partial charge in [0.2, 0.25) is 6.10 Å². The number of oxime groups is 1. The highest BCUT2D eigenvalue weighted by atomic mass is 33.1. The fraction of sp³-hybridized carbons (Fsp3) is 0.412. The van der Waals surface area contributed by atoms with Crippen molar-refractivity contribution in [2.45, 2.75) is 25.1 Å². The van der Waals surface area contributed by atoms with Crippen LogP contribution in [0.25, 0.3) is 0 Å². The van der Waals surface area contributed by atoms with Crippen LogP contribution in [0, 0.1) is 0 Å². The number of benzene rings is 1. The van der Waals surface area contributed by atoms with Crippen molar-refractivity contribution < 1.29 is 42.6 Å². The van der Waals surface area contributed by atoms with E-state index < -0.39 is 24.2 Å². The first-order chi connectivity index (χ1) is 14.1. The first-order valence-electron chi connectivity index (χ1n) is 8.43. The van der Waals surface area contributed by atoms with Crippen LogP contribution >= 0.6 is 21.6 Å². The number of carboxylic acids is 2. The summed E-state index contributed by atoms with van der Waals surface area (Å²) in [6.45, 7) is 0.518. The van der Waals surface area contributed by atoms with Crippen molar-refractivity contribution in [2.24, 2.45) is 5.16 Å². The van der Waals surface area contributed by atoms with Crippen LogP contribution in [-0.2, 0) is 19.2 Å². The van der Waals surface area contributed by atoms with E-state index in [1.165, 1.54) is 10.8 Å². The third-order valence-electron chi connectivity index (χ3n) is 3.28. The molecule has 1 aromatic carbocycles. The minimum Gasteiger partial charge on any atom is -0.481 e. The lowest BCUT2D eigenvalue weighted by Gasteiger charge is -2.09. The molecule has 1 amide bonds. The number of carbonyl (C=O) groups is 3. The van der Waals surface area contributed by atoms with E-state index >= 15 is 0 Å². The zero-order valence-corrected chi connectivity index (χ0v) is 17.1. The van der Waals surface area contributed by atoms with Gasteiger partial charge < -0.3 is 20.4 Å². The lowest BCUT2D eigenvalue weighted by atomic mass is 10.0. The second-order valence-corrected chi connectivity index (χ2v) is 8.29. The number of nitrogens with zero attached hydrogens (tertiary/aromatic N) is 1. The van der Waals surface area contributed by atoms with Gasteiger partial charge in [0, 0.05) is 24.5 Å². The molecule has 1 aromatic rings. The molecule has 1 aliphatic heterocycles. The molecule has 0 bridgehead atoms. The van der Waals surface area contributed by atoms with E-state index in [1.54, 1.807) is 10.8 Å². The van der Waals surface area contributed by atoms with Crippen molar-refractivity contribution in [3.05, 3.63) is 35.9 Å². The van der Waals surface area contributed by atoms with Crippen LogP contribution in [0.5, 0.6) is 0 Å². The van der Waals surface area contributed by atoms with Crippen LogP contribution < -0.4 is 5.32 Å². The molecule has 0 saturated heterocycles. The van der Waals surface area contributed by atoms with Crippen LogP contribution in [0.3, 0.4) is 0 Å². The van der Waals surface area contributed by atoms with Gasteiger partial charge in [-0.2, -0.15) is 13.2 Å². The number of hydrogen-bond acceptors (Lipinski definition) is 7. The minimum atomic E-state index is -5.08. The monoisotopic (exact) mass is 468 g/mol. The molecule has 0 aliphatic carbocycles. The molecule has 13 heteroatoms. The fourth-order valence-corrected chi connectivity index (χ4v) is 3.78. The smallest absolute Gasteiger partial charge is 0.481 e. The van der Waals surface area contributed by atoms with Gasteiger partial charge >= 0.3 is 18.1 Å². The van der Waals surface area contributed by atoms with E-state index in [-0.39, 0.29) is 12.3 Å². The highest BCUT2D eigenvalue weighted by Crippen LogP contribution is 2.21. The molecule has 8 nitrogen and oxygen atoms in total. The molecule has 2 rings (SSSR count). The summed E-state index contributed by atoms with van der Waals surface area (Å²) in [6.07, 6.45) is -5.04. The number of nitrogens with one attached hydrogen (secondary N) is 1. The quantitative estimate of drug-likeness (QED) is 0.373. The van der Waals surface area contributed by atoms with Crippen LogP contribution in [-0.4, -0.2) is 64.1 Å². The second kappa shape index (κ2) is 13.0. The van der Waals surface area contributed by atoms with E-state index in [2.05, 4.69) is 10.5 Å². The van der Waals surface area contributed by atoms with Crippen molar-refractivity contribution >= 4 is 45.1 Å². The number of hydrogen-bond donors (Lipinski definition) is 3. The molecule has 0 aromatic heterocycles. The summed E-state index contributed by atoms with van der Waals surface area (Å²) in [5, 5.41) is 22.4. The maximum absolute atomic E-state index is 12.0.